The van der Waals surface area contributed by atoms with Gasteiger partial charge in [0.2, 0.25) is 10.0 Å². The number of piperidine rings is 1. The first-order chi connectivity index (χ1) is 16.4. The Labute approximate surface area is 199 Å². The number of fused-ring (bicyclic) bond motifs is 1. The van der Waals surface area contributed by atoms with E-state index in [4.69, 9.17) is 0 Å². The molecule has 0 amide bonds. The zero-order valence-electron chi connectivity index (χ0n) is 19.0. The summed E-state index contributed by atoms with van der Waals surface area (Å²) >= 11 is 0. The highest BCUT2D eigenvalue weighted by Gasteiger charge is 2.57. The fraction of sp³-hybridized carbons (Fsp3) is 0.440. The average molecular weight is 482 g/mol. The minimum absolute atomic E-state index is 0.118. The van der Waals surface area contributed by atoms with E-state index >= 15 is 4.39 Å². The molecule has 5 atom stereocenters. The fourth-order valence-electron chi connectivity index (χ4n) is 5.93. The number of rotatable bonds is 5. The summed E-state index contributed by atoms with van der Waals surface area (Å²) in [5, 5.41) is 7.23. The molecule has 3 aromatic rings. The van der Waals surface area contributed by atoms with Gasteiger partial charge in [-0.15, -0.1) is 10.2 Å². The SMILES string of the molecule is C[C@H]1CC[C@@H](c2ccccc2)S(=O)(=O)N1Cc1ccc(N2CC3C(n4cnnc4)[C@H]3C2)c(F)c1. The quantitative estimate of drug-likeness (QED) is 0.555. The maximum Gasteiger partial charge on any atom is 0.221 e. The molecule has 9 heteroatoms. The van der Waals surface area contributed by atoms with Crippen LogP contribution in [0.15, 0.2) is 61.2 Å². The molecule has 1 saturated carbocycles. The molecule has 3 fully saturated rings. The maximum absolute atomic E-state index is 15.2. The normalized spacial score (nSPS) is 30.3. The van der Waals surface area contributed by atoms with E-state index in [0.29, 0.717) is 35.5 Å². The second kappa shape index (κ2) is 8.16. The summed E-state index contributed by atoms with van der Waals surface area (Å²) in [7, 11) is -3.54. The largest absolute Gasteiger partial charge is 0.368 e. The van der Waals surface area contributed by atoms with Gasteiger partial charge in [0.1, 0.15) is 23.7 Å². The smallest absolute Gasteiger partial charge is 0.221 e. The maximum atomic E-state index is 15.2. The molecule has 0 spiro atoms. The molecule has 1 aromatic heterocycles. The van der Waals surface area contributed by atoms with Crippen molar-refractivity contribution in [1.82, 2.24) is 19.1 Å². The van der Waals surface area contributed by atoms with Crippen LogP contribution in [0, 0.1) is 17.7 Å². The third-order valence-electron chi connectivity index (χ3n) is 7.82. The lowest BCUT2D eigenvalue weighted by atomic mass is 10.0. The molecule has 7 nitrogen and oxygen atoms in total. The summed E-state index contributed by atoms with van der Waals surface area (Å²) in [4.78, 5) is 2.10. The number of halogens is 1. The van der Waals surface area contributed by atoms with Crippen molar-refractivity contribution in [1.29, 1.82) is 0 Å². The Morgan fingerprint density at radius 2 is 1.71 bits per heavy atom. The van der Waals surface area contributed by atoms with Gasteiger partial charge in [0.15, 0.2) is 0 Å². The van der Waals surface area contributed by atoms with Gasteiger partial charge in [-0.2, -0.15) is 4.31 Å². The van der Waals surface area contributed by atoms with Crippen LogP contribution in [0.2, 0.25) is 0 Å². The summed E-state index contributed by atoms with van der Waals surface area (Å²) in [6, 6.07) is 14.9. The van der Waals surface area contributed by atoms with E-state index in [-0.39, 0.29) is 18.4 Å². The van der Waals surface area contributed by atoms with Gasteiger partial charge in [0.25, 0.3) is 0 Å². The minimum Gasteiger partial charge on any atom is -0.368 e. The summed E-state index contributed by atoms with van der Waals surface area (Å²) in [6.45, 7) is 3.73. The Kier molecular flexibility index (Phi) is 5.22. The Balaban J connectivity index is 1.17. The van der Waals surface area contributed by atoms with Crippen LogP contribution in [0.5, 0.6) is 0 Å². The van der Waals surface area contributed by atoms with Gasteiger partial charge < -0.3 is 9.47 Å². The van der Waals surface area contributed by atoms with E-state index in [1.165, 1.54) is 6.07 Å². The van der Waals surface area contributed by atoms with Crippen molar-refractivity contribution in [3.8, 4) is 0 Å². The standard InChI is InChI=1S/C25H28FN5O2S/c1-17-7-10-24(19-5-3-2-4-6-19)34(32,33)31(17)12-18-8-9-23(22(26)11-18)29-13-20-21(14-29)25(20)30-15-27-28-16-30/h2-6,8-9,11,15-17,20-21,24-25H,7,10,12-14H2,1H3/t17-,20-,21?,24-,25?/m0/s1. The van der Waals surface area contributed by atoms with E-state index in [9.17, 15) is 8.42 Å². The second-order valence-electron chi connectivity index (χ2n) is 9.83. The lowest BCUT2D eigenvalue weighted by molar-refractivity contribution is 0.281. The fourth-order valence-corrected chi connectivity index (χ4v) is 8.13. The minimum atomic E-state index is -3.54. The zero-order chi connectivity index (χ0) is 23.4. The third-order valence-corrected chi connectivity index (χ3v) is 10.2. The van der Waals surface area contributed by atoms with Gasteiger partial charge in [0.05, 0.1) is 5.69 Å². The molecular formula is C25H28FN5O2S. The molecule has 178 valence electrons. The van der Waals surface area contributed by atoms with Crippen LogP contribution < -0.4 is 4.90 Å². The molecule has 3 aliphatic rings. The Morgan fingerprint density at radius 3 is 2.38 bits per heavy atom. The van der Waals surface area contributed by atoms with E-state index in [1.807, 2.05) is 43.3 Å². The number of benzene rings is 2. The van der Waals surface area contributed by atoms with E-state index < -0.39 is 15.3 Å². The lowest BCUT2D eigenvalue weighted by Crippen LogP contribution is -2.44. The van der Waals surface area contributed by atoms with Gasteiger partial charge in [-0.05, 0) is 43.0 Å². The Hall–Kier alpha value is -2.78. The van der Waals surface area contributed by atoms with Gasteiger partial charge in [-0.1, -0.05) is 36.4 Å². The van der Waals surface area contributed by atoms with Gasteiger partial charge in [-0.25, -0.2) is 12.8 Å². The Bertz CT molecular complexity index is 1270. The summed E-state index contributed by atoms with van der Waals surface area (Å²) in [5.41, 5.74) is 2.09. The van der Waals surface area contributed by atoms with Crippen LogP contribution >= 0.6 is 0 Å². The molecule has 1 aliphatic carbocycles. The highest BCUT2D eigenvalue weighted by molar-refractivity contribution is 7.89. The van der Waals surface area contributed by atoms with Crippen molar-refractivity contribution in [3.05, 3.63) is 78.1 Å². The van der Waals surface area contributed by atoms with Crippen molar-refractivity contribution < 1.29 is 12.8 Å². The summed E-state index contributed by atoms with van der Waals surface area (Å²) < 4.78 is 45.7. The van der Waals surface area contributed by atoms with Crippen LogP contribution in [0.1, 0.15) is 42.2 Å². The van der Waals surface area contributed by atoms with E-state index in [1.54, 1.807) is 23.0 Å². The van der Waals surface area contributed by atoms with E-state index in [2.05, 4.69) is 19.7 Å². The van der Waals surface area contributed by atoms with Crippen LogP contribution in [-0.2, 0) is 16.6 Å². The molecule has 34 heavy (non-hydrogen) atoms. The van der Waals surface area contributed by atoms with Gasteiger partial charge in [-0.3, -0.25) is 0 Å². The number of aromatic nitrogens is 3. The van der Waals surface area contributed by atoms with Crippen molar-refractivity contribution in [2.24, 2.45) is 11.8 Å². The first-order valence-corrected chi connectivity index (χ1v) is 13.4. The molecule has 2 saturated heterocycles. The summed E-state index contributed by atoms with van der Waals surface area (Å²) in [5.74, 6) is 0.690. The molecule has 6 rings (SSSR count). The topological polar surface area (TPSA) is 71.3 Å². The number of sulfonamides is 1. The van der Waals surface area contributed by atoms with Crippen molar-refractivity contribution >= 4 is 15.7 Å². The number of anilines is 1. The van der Waals surface area contributed by atoms with Gasteiger partial charge >= 0.3 is 0 Å². The molecule has 0 bridgehead atoms. The first-order valence-electron chi connectivity index (χ1n) is 11.9. The number of nitrogens with zero attached hydrogens (tertiary/aromatic N) is 5. The second-order valence-corrected chi connectivity index (χ2v) is 11.9. The third kappa shape index (κ3) is 3.62. The zero-order valence-corrected chi connectivity index (χ0v) is 19.9. The van der Waals surface area contributed by atoms with Crippen molar-refractivity contribution in [3.63, 3.8) is 0 Å². The van der Waals surface area contributed by atoms with Gasteiger partial charge in [0, 0.05) is 43.6 Å². The highest BCUT2D eigenvalue weighted by atomic mass is 32.2. The van der Waals surface area contributed by atoms with Crippen molar-refractivity contribution in [2.45, 2.75) is 43.6 Å². The molecule has 3 heterocycles. The van der Waals surface area contributed by atoms with E-state index in [0.717, 1.165) is 25.1 Å². The molecule has 2 unspecified atom stereocenters. The average Bonchev–Trinajstić information content (AvgIpc) is 3.19. The van der Waals surface area contributed by atoms with Crippen LogP contribution in [0.25, 0.3) is 0 Å². The van der Waals surface area contributed by atoms with Crippen LogP contribution in [-0.4, -0.2) is 46.6 Å². The summed E-state index contributed by atoms with van der Waals surface area (Å²) in [6.07, 6.45) is 4.88. The molecule has 2 aromatic carbocycles. The van der Waals surface area contributed by atoms with Crippen LogP contribution in [0.3, 0.4) is 0 Å². The first kappa shape index (κ1) is 21.7. The van der Waals surface area contributed by atoms with Crippen molar-refractivity contribution in [2.75, 3.05) is 18.0 Å². The number of hydrogen-bond acceptors (Lipinski definition) is 5. The number of hydrogen-bond donors (Lipinski definition) is 0. The molecule has 0 radical (unpaired) electrons. The predicted octanol–water partition coefficient (Wildman–Crippen LogP) is 3.78. The Morgan fingerprint density at radius 1 is 1.00 bits per heavy atom. The van der Waals surface area contributed by atoms with Crippen LogP contribution in [0.4, 0.5) is 10.1 Å². The lowest BCUT2D eigenvalue weighted by Gasteiger charge is -2.37. The molecule has 2 aliphatic heterocycles. The monoisotopic (exact) mass is 481 g/mol. The molecule has 0 N–H and O–H groups in total. The molecular weight excluding hydrogens is 453 g/mol. The predicted molar refractivity (Wildman–Crippen MR) is 127 cm³/mol. The highest BCUT2D eigenvalue weighted by Crippen LogP contribution is 2.55.